The lowest BCUT2D eigenvalue weighted by molar-refractivity contribution is -0.386. The molecule has 0 heterocycles. The molecule has 0 bridgehead atoms. The number of aliphatic hydroxyl groups is 1. The van der Waals surface area contributed by atoms with E-state index in [1.165, 1.54) is 6.07 Å². The van der Waals surface area contributed by atoms with E-state index in [1.807, 2.05) is 20.8 Å². The van der Waals surface area contributed by atoms with Crippen LogP contribution in [-0.4, -0.2) is 22.2 Å². The van der Waals surface area contributed by atoms with Gasteiger partial charge in [-0.1, -0.05) is 13.0 Å². The summed E-state index contributed by atoms with van der Waals surface area (Å²) in [5.41, 5.74) is 0.775. The van der Waals surface area contributed by atoms with Gasteiger partial charge in [-0.05, 0) is 32.4 Å². The van der Waals surface area contributed by atoms with Crippen LogP contribution in [0, 0.1) is 10.1 Å². The van der Waals surface area contributed by atoms with Gasteiger partial charge in [0.1, 0.15) is 0 Å². The van der Waals surface area contributed by atoms with E-state index < -0.39 is 11.0 Å². The number of nitro benzene ring substituents is 1. The quantitative estimate of drug-likeness (QED) is 0.647. The van der Waals surface area contributed by atoms with E-state index in [0.717, 1.165) is 5.56 Å². The van der Waals surface area contributed by atoms with Crippen molar-refractivity contribution < 1.29 is 14.8 Å². The van der Waals surface area contributed by atoms with Gasteiger partial charge in [0.25, 0.3) is 0 Å². The fraction of sp³-hybridized carbons (Fsp3) is 0.538. The molecule has 1 rings (SSSR count). The van der Waals surface area contributed by atoms with Gasteiger partial charge in [-0.15, -0.1) is 0 Å². The number of rotatable bonds is 5. The van der Waals surface area contributed by atoms with Crippen LogP contribution >= 0.6 is 0 Å². The molecule has 1 aromatic rings. The van der Waals surface area contributed by atoms with Crippen LogP contribution in [0.4, 0.5) is 5.69 Å². The maximum absolute atomic E-state index is 10.9. The molecule has 18 heavy (non-hydrogen) atoms. The van der Waals surface area contributed by atoms with Crippen LogP contribution in [0.25, 0.3) is 0 Å². The maximum atomic E-state index is 10.9. The van der Waals surface area contributed by atoms with Crippen LogP contribution in [0.3, 0.4) is 0 Å². The molecule has 0 aromatic heterocycles. The Morgan fingerprint density at radius 1 is 1.28 bits per heavy atom. The average Bonchev–Trinajstić information content (AvgIpc) is 2.26. The van der Waals surface area contributed by atoms with Gasteiger partial charge in [-0.25, -0.2) is 0 Å². The summed E-state index contributed by atoms with van der Waals surface area (Å²) in [6.45, 7) is 7.18. The number of hydrogen-bond donors (Lipinski definition) is 1. The van der Waals surface area contributed by atoms with Crippen LogP contribution in [-0.2, 0) is 0 Å². The summed E-state index contributed by atoms with van der Waals surface area (Å²) in [7, 11) is 0. The molecule has 0 saturated heterocycles. The topological polar surface area (TPSA) is 72.6 Å². The van der Waals surface area contributed by atoms with Crippen LogP contribution < -0.4 is 4.74 Å². The zero-order valence-corrected chi connectivity index (χ0v) is 11.1. The maximum Gasteiger partial charge on any atom is 0.310 e. The Labute approximate surface area is 107 Å². The molecule has 0 spiro atoms. The van der Waals surface area contributed by atoms with E-state index in [1.54, 1.807) is 19.1 Å². The van der Waals surface area contributed by atoms with Crippen molar-refractivity contribution >= 4 is 5.69 Å². The fourth-order valence-corrected chi connectivity index (χ4v) is 1.59. The van der Waals surface area contributed by atoms with E-state index in [4.69, 9.17) is 4.74 Å². The summed E-state index contributed by atoms with van der Waals surface area (Å²) in [6, 6.07) is 4.71. The van der Waals surface area contributed by atoms with Crippen LogP contribution in [0.2, 0.25) is 0 Å². The van der Waals surface area contributed by atoms with Crippen molar-refractivity contribution in [1.82, 2.24) is 0 Å². The number of benzene rings is 1. The molecule has 0 radical (unpaired) electrons. The fourth-order valence-electron chi connectivity index (χ4n) is 1.59. The highest BCUT2D eigenvalue weighted by atomic mass is 16.6. The molecule has 2 unspecified atom stereocenters. The Morgan fingerprint density at radius 3 is 2.33 bits per heavy atom. The normalized spacial score (nSPS) is 14.3. The minimum atomic E-state index is -0.515. The summed E-state index contributed by atoms with van der Waals surface area (Å²) >= 11 is 0. The molecule has 0 aliphatic carbocycles. The van der Waals surface area contributed by atoms with Gasteiger partial charge in [-0.3, -0.25) is 10.1 Å². The highest BCUT2D eigenvalue weighted by molar-refractivity contribution is 5.49. The SMILES string of the molecule is CC(C)Oc1cc(C(C)C(C)O)ccc1[N+](=O)[O-]. The molecule has 0 amide bonds. The molecule has 5 heteroatoms. The number of nitrogens with zero attached hydrogens (tertiary/aromatic N) is 1. The monoisotopic (exact) mass is 253 g/mol. The average molecular weight is 253 g/mol. The molecule has 0 fully saturated rings. The third kappa shape index (κ3) is 3.43. The highest BCUT2D eigenvalue weighted by Crippen LogP contribution is 2.32. The van der Waals surface area contributed by atoms with Crippen molar-refractivity contribution in [2.75, 3.05) is 0 Å². The van der Waals surface area contributed by atoms with Crippen molar-refractivity contribution in [2.24, 2.45) is 0 Å². The largest absolute Gasteiger partial charge is 0.484 e. The molecular weight excluding hydrogens is 234 g/mol. The van der Waals surface area contributed by atoms with E-state index in [-0.39, 0.29) is 23.5 Å². The molecule has 0 saturated carbocycles. The Morgan fingerprint density at radius 2 is 1.89 bits per heavy atom. The van der Waals surface area contributed by atoms with Crippen molar-refractivity contribution in [3.05, 3.63) is 33.9 Å². The predicted molar refractivity (Wildman–Crippen MR) is 69.0 cm³/mol. The van der Waals surface area contributed by atoms with Crippen LogP contribution in [0.5, 0.6) is 5.75 Å². The third-order valence-corrected chi connectivity index (χ3v) is 2.79. The van der Waals surface area contributed by atoms with E-state index in [2.05, 4.69) is 0 Å². The van der Waals surface area contributed by atoms with E-state index in [0.29, 0.717) is 0 Å². The summed E-state index contributed by atoms with van der Waals surface area (Å²) in [6.07, 6.45) is -0.654. The Kier molecular flexibility index (Phi) is 4.67. The second-order valence-electron chi connectivity index (χ2n) is 4.68. The molecular formula is C13H19NO4. The first kappa shape index (κ1) is 14.4. The summed E-state index contributed by atoms with van der Waals surface area (Å²) in [5, 5.41) is 20.4. The first-order valence-corrected chi connectivity index (χ1v) is 5.96. The molecule has 5 nitrogen and oxygen atoms in total. The lowest BCUT2D eigenvalue weighted by atomic mass is 9.96. The van der Waals surface area contributed by atoms with Gasteiger partial charge in [0.2, 0.25) is 0 Å². The minimum Gasteiger partial charge on any atom is -0.484 e. The summed E-state index contributed by atoms with van der Waals surface area (Å²) < 4.78 is 5.45. The Bertz CT molecular complexity index is 429. The lowest BCUT2D eigenvalue weighted by Gasteiger charge is -2.17. The van der Waals surface area contributed by atoms with Crippen molar-refractivity contribution in [1.29, 1.82) is 0 Å². The minimum absolute atomic E-state index is 0.0507. The molecule has 1 aromatic carbocycles. The first-order valence-electron chi connectivity index (χ1n) is 5.96. The standard InChI is InChI=1S/C13H19NO4/c1-8(2)18-13-7-11(9(3)10(4)15)5-6-12(13)14(16)17/h5-10,15H,1-4H3. The van der Waals surface area contributed by atoms with Gasteiger partial charge in [0, 0.05) is 12.0 Å². The second-order valence-corrected chi connectivity index (χ2v) is 4.68. The first-order chi connectivity index (χ1) is 8.32. The van der Waals surface area contributed by atoms with Gasteiger partial charge in [-0.2, -0.15) is 0 Å². The molecule has 0 aliphatic heterocycles. The molecule has 2 atom stereocenters. The van der Waals surface area contributed by atoms with E-state index >= 15 is 0 Å². The van der Waals surface area contributed by atoms with Crippen LogP contribution in [0.1, 0.15) is 39.2 Å². The predicted octanol–water partition coefficient (Wildman–Crippen LogP) is 2.87. The molecule has 100 valence electrons. The zero-order valence-electron chi connectivity index (χ0n) is 11.1. The number of hydrogen-bond acceptors (Lipinski definition) is 4. The number of nitro groups is 1. The smallest absolute Gasteiger partial charge is 0.310 e. The van der Waals surface area contributed by atoms with Crippen LogP contribution in [0.15, 0.2) is 18.2 Å². The lowest BCUT2D eigenvalue weighted by Crippen LogP contribution is -2.12. The number of ether oxygens (including phenoxy) is 1. The van der Waals surface area contributed by atoms with Gasteiger partial charge in [0.15, 0.2) is 5.75 Å². The number of aliphatic hydroxyl groups excluding tert-OH is 1. The third-order valence-electron chi connectivity index (χ3n) is 2.79. The van der Waals surface area contributed by atoms with Crippen molar-refractivity contribution in [3.63, 3.8) is 0 Å². The highest BCUT2D eigenvalue weighted by Gasteiger charge is 2.20. The van der Waals surface area contributed by atoms with E-state index in [9.17, 15) is 15.2 Å². The summed E-state index contributed by atoms with van der Waals surface area (Å²) in [4.78, 5) is 10.4. The Hall–Kier alpha value is -1.62. The van der Waals surface area contributed by atoms with Crippen molar-refractivity contribution in [2.45, 2.75) is 45.8 Å². The van der Waals surface area contributed by atoms with Crippen molar-refractivity contribution in [3.8, 4) is 5.75 Å². The Balaban J connectivity index is 3.16. The second kappa shape index (κ2) is 5.82. The summed E-state index contributed by atoms with van der Waals surface area (Å²) in [5.74, 6) is 0.153. The molecule has 0 aliphatic rings. The zero-order chi connectivity index (χ0) is 13.9. The van der Waals surface area contributed by atoms with Gasteiger partial charge >= 0.3 is 5.69 Å². The molecule has 1 N–H and O–H groups in total. The van der Waals surface area contributed by atoms with Gasteiger partial charge in [0.05, 0.1) is 17.1 Å². The van der Waals surface area contributed by atoms with Gasteiger partial charge < -0.3 is 9.84 Å².